The zero-order chi connectivity index (χ0) is 13.0. The first-order valence-electron chi connectivity index (χ1n) is 4.87. The molecule has 90 valence electrons. The molecule has 0 bridgehead atoms. The number of rotatable bonds is 3. The SMILES string of the molecule is C/C=C(\c1c(C)ncnc1NC(C)=O)[N+](=O)[O-]. The van der Waals surface area contributed by atoms with Gasteiger partial charge in [0.15, 0.2) is 0 Å². The molecule has 17 heavy (non-hydrogen) atoms. The summed E-state index contributed by atoms with van der Waals surface area (Å²) in [5.74, 6) is -0.196. The highest BCUT2D eigenvalue weighted by Gasteiger charge is 2.22. The highest BCUT2D eigenvalue weighted by atomic mass is 16.6. The van der Waals surface area contributed by atoms with E-state index in [2.05, 4.69) is 15.3 Å². The van der Waals surface area contributed by atoms with Crippen LogP contribution in [0.15, 0.2) is 12.4 Å². The molecule has 1 heterocycles. The van der Waals surface area contributed by atoms with E-state index in [9.17, 15) is 14.9 Å². The van der Waals surface area contributed by atoms with Crippen molar-refractivity contribution in [3.63, 3.8) is 0 Å². The maximum Gasteiger partial charge on any atom is 0.277 e. The van der Waals surface area contributed by atoms with Crippen molar-refractivity contribution in [1.29, 1.82) is 0 Å². The smallest absolute Gasteiger partial charge is 0.277 e. The molecule has 0 fully saturated rings. The fourth-order valence-electron chi connectivity index (χ4n) is 1.38. The molecule has 0 unspecified atom stereocenters. The van der Waals surface area contributed by atoms with Crippen LogP contribution >= 0.6 is 0 Å². The van der Waals surface area contributed by atoms with Crippen LogP contribution in [-0.4, -0.2) is 20.8 Å². The van der Waals surface area contributed by atoms with Crippen LogP contribution in [0.3, 0.4) is 0 Å². The minimum Gasteiger partial charge on any atom is -0.310 e. The number of anilines is 1. The first-order valence-corrected chi connectivity index (χ1v) is 4.87. The summed E-state index contributed by atoms with van der Waals surface area (Å²) < 4.78 is 0. The third kappa shape index (κ3) is 2.83. The van der Waals surface area contributed by atoms with Crippen molar-refractivity contribution >= 4 is 17.4 Å². The first-order chi connectivity index (χ1) is 7.97. The van der Waals surface area contributed by atoms with Gasteiger partial charge in [0.1, 0.15) is 17.7 Å². The fourth-order valence-corrected chi connectivity index (χ4v) is 1.38. The first kappa shape index (κ1) is 12.8. The van der Waals surface area contributed by atoms with Crippen molar-refractivity contribution in [3.8, 4) is 0 Å². The Morgan fingerprint density at radius 2 is 2.18 bits per heavy atom. The minimum absolute atomic E-state index is 0.133. The molecule has 0 spiro atoms. The summed E-state index contributed by atoms with van der Waals surface area (Å²) in [7, 11) is 0. The molecular weight excluding hydrogens is 224 g/mol. The summed E-state index contributed by atoms with van der Waals surface area (Å²) in [6, 6.07) is 0. The van der Waals surface area contributed by atoms with E-state index in [0.29, 0.717) is 5.69 Å². The molecule has 0 aliphatic rings. The lowest BCUT2D eigenvalue weighted by molar-refractivity contribution is -0.375. The third-order valence-corrected chi connectivity index (χ3v) is 2.06. The van der Waals surface area contributed by atoms with Crippen LogP contribution in [-0.2, 0) is 4.79 Å². The normalized spacial score (nSPS) is 11.1. The van der Waals surface area contributed by atoms with Gasteiger partial charge in [-0.05, 0) is 19.9 Å². The third-order valence-electron chi connectivity index (χ3n) is 2.06. The van der Waals surface area contributed by atoms with Crippen LogP contribution in [0.4, 0.5) is 5.82 Å². The number of amides is 1. The van der Waals surface area contributed by atoms with Crippen molar-refractivity contribution in [2.75, 3.05) is 5.32 Å². The van der Waals surface area contributed by atoms with Gasteiger partial charge in [0.05, 0.1) is 10.6 Å². The molecule has 0 saturated heterocycles. The number of carbonyl (C=O) groups excluding carboxylic acids is 1. The second-order valence-corrected chi connectivity index (χ2v) is 3.29. The van der Waals surface area contributed by atoms with Gasteiger partial charge in [0, 0.05) is 6.92 Å². The summed E-state index contributed by atoms with van der Waals surface area (Å²) in [6.45, 7) is 4.47. The van der Waals surface area contributed by atoms with Crippen molar-refractivity contribution in [3.05, 3.63) is 33.8 Å². The van der Waals surface area contributed by atoms with Gasteiger partial charge < -0.3 is 5.32 Å². The number of nitrogens with one attached hydrogen (secondary N) is 1. The molecule has 1 aromatic heterocycles. The lowest BCUT2D eigenvalue weighted by atomic mass is 10.1. The molecule has 1 N–H and O–H groups in total. The average Bonchev–Trinajstić information content (AvgIpc) is 2.21. The number of hydrogen-bond donors (Lipinski definition) is 1. The Hall–Kier alpha value is -2.31. The van der Waals surface area contributed by atoms with Gasteiger partial charge >= 0.3 is 0 Å². The van der Waals surface area contributed by atoms with Gasteiger partial charge in [-0.15, -0.1) is 0 Å². The van der Waals surface area contributed by atoms with Crippen LogP contribution in [0.5, 0.6) is 0 Å². The highest BCUT2D eigenvalue weighted by Crippen LogP contribution is 2.24. The van der Waals surface area contributed by atoms with Crippen molar-refractivity contribution in [2.45, 2.75) is 20.8 Å². The Labute approximate surface area is 97.7 Å². The summed E-state index contributed by atoms with van der Waals surface area (Å²) in [5.41, 5.74) is 0.538. The molecule has 1 aromatic rings. The van der Waals surface area contributed by atoms with Crippen molar-refractivity contribution < 1.29 is 9.72 Å². The van der Waals surface area contributed by atoms with E-state index in [4.69, 9.17) is 0 Å². The number of allylic oxidation sites excluding steroid dienone is 1. The van der Waals surface area contributed by atoms with Crippen LogP contribution < -0.4 is 5.32 Å². The van der Waals surface area contributed by atoms with Crippen molar-refractivity contribution in [1.82, 2.24) is 9.97 Å². The lowest BCUT2D eigenvalue weighted by Crippen LogP contribution is -2.13. The molecule has 1 rings (SSSR count). The van der Waals surface area contributed by atoms with Gasteiger partial charge in [-0.3, -0.25) is 14.9 Å². The van der Waals surface area contributed by atoms with Gasteiger partial charge in [-0.1, -0.05) is 0 Å². The van der Waals surface area contributed by atoms with Gasteiger partial charge in [0.25, 0.3) is 5.70 Å². The highest BCUT2D eigenvalue weighted by molar-refractivity contribution is 5.90. The Morgan fingerprint density at radius 1 is 1.53 bits per heavy atom. The minimum atomic E-state index is -0.531. The van der Waals surface area contributed by atoms with E-state index in [1.165, 1.54) is 19.3 Å². The molecule has 0 radical (unpaired) electrons. The molecule has 0 aliphatic carbocycles. The largest absolute Gasteiger partial charge is 0.310 e. The van der Waals surface area contributed by atoms with Crippen LogP contribution in [0.2, 0.25) is 0 Å². The van der Waals surface area contributed by atoms with E-state index in [1.54, 1.807) is 13.8 Å². The summed E-state index contributed by atoms with van der Waals surface area (Å²) in [6.07, 6.45) is 2.59. The Morgan fingerprint density at radius 3 is 2.65 bits per heavy atom. The Kier molecular flexibility index (Phi) is 3.86. The summed E-state index contributed by atoms with van der Waals surface area (Å²) >= 11 is 0. The number of aryl methyl sites for hydroxylation is 1. The van der Waals surface area contributed by atoms with E-state index in [1.807, 2.05) is 0 Å². The average molecular weight is 236 g/mol. The van der Waals surface area contributed by atoms with Gasteiger partial charge in [-0.25, -0.2) is 9.97 Å². The number of hydrogen-bond acceptors (Lipinski definition) is 5. The van der Waals surface area contributed by atoms with Crippen LogP contribution in [0.25, 0.3) is 5.70 Å². The second-order valence-electron chi connectivity index (χ2n) is 3.29. The number of carbonyl (C=O) groups is 1. The number of nitro groups is 1. The zero-order valence-corrected chi connectivity index (χ0v) is 9.72. The predicted octanol–water partition coefficient (Wildman–Crippen LogP) is 1.38. The number of nitrogens with zero attached hydrogens (tertiary/aromatic N) is 3. The number of aromatic nitrogens is 2. The standard InChI is InChI=1S/C10H12N4O3/c1-4-8(14(16)17)9-6(2)11-5-12-10(9)13-7(3)15/h4-5H,1-3H3,(H,11,12,13,15)/b8-4+. The zero-order valence-electron chi connectivity index (χ0n) is 9.72. The van der Waals surface area contributed by atoms with E-state index < -0.39 is 4.92 Å². The second kappa shape index (κ2) is 5.15. The van der Waals surface area contributed by atoms with Crippen LogP contribution in [0.1, 0.15) is 25.1 Å². The van der Waals surface area contributed by atoms with E-state index in [0.717, 1.165) is 0 Å². The monoisotopic (exact) mass is 236 g/mol. The lowest BCUT2D eigenvalue weighted by Gasteiger charge is -2.08. The predicted molar refractivity (Wildman–Crippen MR) is 61.7 cm³/mol. The fraction of sp³-hybridized carbons (Fsp3) is 0.300. The molecule has 0 atom stereocenters. The molecule has 1 amide bonds. The Balaban J connectivity index is 3.39. The van der Waals surface area contributed by atoms with Crippen molar-refractivity contribution in [2.24, 2.45) is 0 Å². The molecular formula is C10H12N4O3. The molecule has 7 heteroatoms. The maximum absolute atomic E-state index is 11.0. The summed E-state index contributed by atoms with van der Waals surface area (Å²) in [5, 5.41) is 13.3. The van der Waals surface area contributed by atoms with E-state index >= 15 is 0 Å². The van der Waals surface area contributed by atoms with Gasteiger partial charge in [0.2, 0.25) is 5.91 Å². The molecule has 0 saturated carbocycles. The van der Waals surface area contributed by atoms with Crippen LogP contribution in [0, 0.1) is 17.0 Å². The topological polar surface area (TPSA) is 98.0 Å². The van der Waals surface area contributed by atoms with Gasteiger partial charge in [-0.2, -0.15) is 0 Å². The molecule has 0 aromatic carbocycles. The Bertz CT molecular complexity index is 496. The maximum atomic E-state index is 11.0. The molecule has 7 nitrogen and oxygen atoms in total. The van der Waals surface area contributed by atoms with E-state index in [-0.39, 0.29) is 23.0 Å². The summed E-state index contributed by atoms with van der Waals surface area (Å²) in [4.78, 5) is 29.1. The molecule has 0 aliphatic heterocycles. The quantitative estimate of drug-likeness (QED) is 0.631.